The van der Waals surface area contributed by atoms with Gasteiger partial charge in [-0.1, -0.05) is 13.8 Å². The molecule has 0 saturated heterocycles. The van der Waals surface area contributed by atoms with Crippen molar-refractivity contribution in [1.29, 1.82) is 0 Å². The van der Waals surface area contributed by atoms with E-state index in [0.29, 0.717) is 11.8 Å². The monoisotopic (exact) mass is 225 g/mol. The Bertz CT molecular complexity index is 299. The van der Waals surface area contributed by atoms with Crippen molar-refractivity contribution in [1.82, 2.24) is 4.98 Å². The molecule has 1 aliphatic rings. The first kappa shape index (κ1) is 11.1. The van der Waals surface area contributed by atoms with Crippen molar-refractivity contribution in [3.05, 3.63) is 16.6 Å². The molecular weight excluding hydrogens is 206 g/mol. The Hall–Kier alpha value is -0.410. The fraction of sp³-hybridized carbons (Fsp3) is 0.750. The van der Waals surface area contributed by atoms with E-state index < -0.39 is 5.60 Å². The maximum absolute atomic E-state index is 10.6. The largest absolute Gasteiger partial charge is 0.389 e. The summed E-state index contributed by atoms with van der Waals surface area (Å²) in [6, 6.07) is 0. The normalized spacial score (nSPS) is 36.7. The first-order chi connectivity index (χ1) is 7.07. The minimum absolute atomic E-state index is 0.483. The second-order valence-corrected chi connectivity index (χ2v) is 6.19. The Labute approximate surface area is 95.4 Å². The molecular formula is C12H19NOS. The highest BCUT2D eigenvalue weighted by molar-refractivity contribution is 7.09. The van der Waals surface area contributed by atoms with E-state index in [1.165, 1.54) is 11.3 Å². The third-order valence-electron chi connectivity index (χ3n) is 3.25. The summed E-state index contributed by atoms with van der Waals surface area (Å²) in [6.45, 7) is 4.49. The van der Waals surface area contributed by atoms with Crippen LogP contribution in [0.25, 0.3) is 0 Å². The lowest BCUT2D eigenvalue weighted by Crippen LogP contribution is -2.39. The van der Waals surface area contributed by atoms with Crippen LogP contribution < -0.4 is 0 Å². The van der Waals surface area contributed by atoms with E-state index in [2.05, 4.69) is 18.8 Å². The van der Waals surface area contributed by atoms with Crippen LogP contribution in [0.4, 0.5) is 0 Å². The summed E-state index contributed by atoms with van der Waals surface area (Å²) in [5.41, 5.74) is 1.36. The molecule has 0 bridgehead atoms. The van der Waals surface area contributed by atoms with Gasteiger partial charge in [0.15, 0.2) is 0 Å². The van der Waals surface area contributed by atoms with Crippen LogP contribution in [0.15, 0.2) is 11.7 Å². The first-order valence-corrected chi connectivity index (χ1v) is 6.55. The fourth-order valence-corrected chi connectivity index (χ4v) is 3.76. The topological polar surface area (TPSA) is 33.1 Å². The zero-order valence-electron chi connectivity index (χ0n) is 9.44. The molecule has 0 aromatic carbocycles. The van der Waals surface area contributed by atoms with Crippen molar-refractivity contribution < 1.29 is 5.11 Å². The average molecular weight is 225 g/mol. The zero-order valence-corrected chi connectivity index (χ0v) is 10.3. The van der Waals surface area contributed by atoms with E-state index in [1.807, 2.05) is 11.7 Å². The van der Waals surface area contributed by atoms with Gasteiger partial charge in [-0.3, -0.25) is 4.98 Å². The van der Waals surface area contributed by atoms with E-state index in [9.17, 15) is 5.11 Å². The van der Waals surface area contributed by atoms with Crippen LogP contribution in [-0.4, -0.2) is 15.7 Å². The van der Waals surface area contributed by atoms with Gasteiger partial charge in [-0.15, -0.1) is 11.3 Å². The van der Waals surface area contributed by atoms with E-state index in [1.54, 1.807) is 11.3 Å². The molecule has 0 amide bonds. The van der Waals surface area contributed by atoms with Crippen LogP contribution in [0, 0.1) is 11.8 Å². The number of rotatable bonds is 2. The number of nitrogens with zero attached hydrogens (tertiary/aromatic N) is 1. The number of hydrogen-bond acceptors (Lipinski definition) is 3. The molecule has 1 aromatic rings. The molecule has 1 aromatic heterocycles. The average Bonchev–Trinajstić information content (AvgIpc) is 2.52. The molecule has 0 spiro atoms. The predicted molar refractivity (Wildman–Crippen MR) is 62.9 cm³/mol. The lowest BCUT2D eigenvalue weighted by Gasteiger charge is -2.38. The molecule has 0 radical (unpaired) electrons. The van der Waals surface area contributed by atoms with Crippen molar-refractivity contribution in [2.75, 3.05) is 0 Å². The van der Waals surface area contributed by atoms with Crippen molar-refractivity contribution in [2.45, 2.75) is 45.1 Å². The summed E-state index contributed by atoms with van der Waals surface area (Å²) >= 11 is 1.65. The summed E-state index contributed by atoms with van der Waals surface area (Å²) in [5, 5.41) is 10.6. The van der Waals surface area contributed by atoms with Crippen LogP contribution in [0.2, 0.25) is 0 Å². The maximum atomic E-state index is 10.6. The number of aromatic nitrogens is 1. The van der Waals surface area contributed by atoms with Gasteiger partial charge in [0.2, 0.25) is 0 Å². The summed E-state index contributed by atoms with van der Waals surface area (Å²) in [4.78, 5) is 5.27. The number of aliphatic hydroxyl groups is 1. The third kappa shape index (κ3) is 2.79. The summed E-state index contributed by atoms with van der Waals surface area (Å²) < 4.78 is 0. The Kier molecular flexibility index (Phi) is 3.12. The molecule has 1 heterocycles. The van der Waals surface area contributed by atoms with E-state index in [4.69, 9.17) is 0 Å². The predicted octanol–water partition coefficient (Wildman–Crippen LogP) is 2.87. The molecule has 2 rings (SSSR count). The summed E-state index contributed by atoms with van der Waals surface area (Å²) in [5.74, 6) is 1.29. The van der Waals surface area contributed by atoms with Gasteiger partial charge < -0.3 is 5.11 Å². The molecule has 2 nitrogen and oxygen atoms in total. The Morgan fingerprint density at radius 2 is 2.13 bits per heavy atom. The van der Waals surface area contributed by atoms with Gasteiger partial charge in [-0.2, -0.15) is 0 Å². The lowest BCUT2D eigenvalue weighted by molar-refractivity contribution is -0.0299. The molecule has 0 aliphatic heterocycles. The van der Waals surface area contributed by atoms with Crippen LogP contribution >= 0.6 is 11.3 Å². The molecule has 1 aliphatic carbocycles. The van der Waals surface area contributed by atoms with Crippen molar-refractivity contribution in [3.63, 3.8) is 0 Å². The first-order valence-electron chi connectivity index (χ1n) is 5.67. The minimum atomic E-state index is -0.483. The van der Waals surface area contributed by atoms with Gasteiger partial charge in [0.25, 0.3) is 0 Å². The van der Waals surface area contributed by atoms with E-state index >= 15 is 0 Å². The lowest BCUT2D eigenvalue weighted by atomic mass is 9.72. The third-order valence-corrected chi connectivity index (χ3v) is 4.03. The van der Waals surface area contributed by atoms with Crippen LogP contribution in [0.1, 0.15) is 38.0 Å². The SMILES string of the molecule is CC1CC(C)CC(O)(Cc2cncs2)C1. The molecule has 3 heteroatoms. The molecule has 2 atom stereocenters. The Balaban J connectivity index is 2.05. The van der Waals surface area contributed by atoms with E-state index in [-0.39, 0.29) is 0 Å². The molecule has 1 N–H and O–H groups in total. The van der Waals surface area contributed by atoms with Crippen molar-refractivity contribution >= 4 is 11.3 Å². The highest BCUT2D eigenvalue weighted by Gasteiger charge is 2.36. The quantitative estimate of drug-likeness (QED) is 0.839. The van der Waals surface area contributed by atoms with Gasteiger partial charge in [-0.25, -0.2) is 0 Å². The van der Waals surface area contributed by atoms with E-state index in [0.717, 1.165) is 19.3 Å². The van der Waals surface area contributed by atoms with Crippen LogP contribution in [0.5, 0.6) is 0 Å². The van der Waals surface area contributed by atoms with Crippen molar-refractivity contribution in [3.8, 4) is 0 Å². The number of hydrogen-bond donors (Lipinski definition) is 1. The van der Waals surface area contributed by atoms with Gasteiger partial charge >= 0.3 is 0 Å². The molecule has 1 fully saturated rings. The standard InChI is InChI=1S/C12H19NOS/c1-9-3-10(2)5-12(14,4-9)6-11-7-13-8-15-11/h7-10,14H,3-6H2,1-2H3. The van der Waals surface area contributed by atoms with Gasteiger partial charge in [0.1, 0.15) is 0 Å². The Morgan fingerprint density at radius 3 is 2.67 bits per heavy atom. The molecule has 2 unspecified atom stereocenters. The van der Waals surface area contributed by atoms with Crippen LogP contribution in [0.3, 0.4) is 0 Å². The molecule has 1 saturated carbocycles. The molecule has 84 valence electrons. The van der Waals surface area contributed by atoms with Gasteiger partial charge in [-0.05, 0) is 31.1 Å². The highest BCUT2D eigenvalue weighted by Crippen LogP contribution is 2.38. The highest BCUT2D eigenvalue weighted by atomic mass is 32.1. The number of thiazole rings is 1. The zero-order chi connectivity index (χ0) is 10.9. The second-order valence-electron chi connectivity index (χ2n) is 5.22. The minimum Gasteiger partial charge on any atom is -0.389 e. The van der Waals surface area contributed by atoms with Crippen LogP contribution in [-0.2, 0) is 6.42 Å². The van der Waals surface area contributed by atoms with Gasteiger partial charge in [0, 0.05) is 17.5 Å². The summed E-state index contributed by atoms with van der Waals surface area (Å²) in [7, 11) is 0. The smallest absolute Gasteiger partial charge is 0.0794 e. The molecule has 15 heavy (non-hydrogen) atoms. The fourth-order valence-electron chi connectivity index (χ4n) is 3.03. The van der Waals surface area contributed by atoms with Gasteiger partial charge in [0.05, 0.1) is 11.1 Å². The van der Waals surface area contributed by atoms with Crippen molar-refractivity contribution in [2.24, 2.45) is 11.8 Å². The second kappa shape index (κ2) is 4.22. The summed E-state index contributed by atoms with van der Waals surface area (Å²) in [6.07, 6.45) is 5.80. The maximum Gasteiger partial charge on any atom is 0.0794 e. The Morgan fingerprint density at radius 1 is 1.47 bits per heavy atom.